The summed E-state index contributed by atoms with van der Waals surface area (Å²) in [4.78, 5) is 2.53. The highest BCUT2D eigenvalue weighted by Crippen LogP contribution is 2.19. The smallest absolute Gasteiger partial charge is 0.104 e. The molecule has 102 valence electrons. The van der Waals surface area contributed by atoms with Crippen LogP contribution in [0.15, 0.2) is 24.3 Å². The van der Waals surface area contributed by atoms with Crippen molar-refractivity contribution in [1.82, 2.24) is 4.90 Å². The third-order valence-corrected chi connectivity index (χ3v) is 3.82. The van der Waals surface area contributed by atoms with Gasteiger partial charge in [-0.25, -0.2) is 0 Å². The van der Waals surface area contributed by atoms with Gasteiger partial charge in [-0.1, -0.05) is 37.0 Å². The average molecular weight is 257 g/mol. The number of rotatable bonds is 2. The minimum Gasteiger partial charge on any atom is -0.384 e. The van der Waals surface area contributed by atoms with Crippen LogP contribution in [0.2, 0.25) is 0 Å². The first-order chi connectivity index (χ1) is 9.29. The normalized spacial score (nSPS) is 20.4. The Bertz CT molecular complexity index is 458. The van der Waals surface area contributed by atoms with E-state index >= 15 is 0 Å². The summed E-state index contributed by atoms with van der Waals surface area (Å²) in [5, 5.41) is 8.82. The molecule has 1 atom stereocenters. The molecular formula is C17H23NO. The van der Waals surface area contributed by atoms with Gasteiger partial charge in [-0.2, -0.15) is 0 Å². The van der Waals surface area contributed by atoms with Crippen LogP contribution in [0.4, 0.5) is 0 Å². The Morgan fingerprint density at radius 2 is 2.11 bits per heavy atom. The largest absolute Gasteiger partial charge is 0.384 e. The zero-order valence-electron chi connectivity index (χ0n) is 11.7. The van der Waals surface area contributed by atoms with Crippen LogP contribution in [-0.2, 0) is 6.54 Å². The number of aliphatic hydroxyl groups excluding tert-OH is 1. The third-order valence-electron chi connectivity index (χ3n) is 3.82. The second kappa shape index (κ2) is 7.33. The van der Waals surface area contributed by atoms with E-state index < -0.39 is 0 Å². The van der Waals surface area contributed by atoms with Crippen molar-refractivity contribution in [2.45, 2.75) is 32.7 Å². The number of hydrogen-bond acceptors (Lipinski definition) is 2. The Morgan fingerprint density at radius 1 is 1.26 bits per heavy atom. The molecule has 1 aromatic carbocycles. The Kier molecular flexibility index (Phi) is 5.44. The van der Waals surface area contributed by atoms with Crippen molar-refractivity contribution in [3.8, 4) is 11.8 Å². The maximum Gasteiger partial charge on any atom is 0.104 e. The van der Waals surface area contributed by atoms with E-state index in [1.54, 1.807) is 0 Å². The standard InChI is InChI=1S/C17H23NO/c1-15-6-4-11-18(12-10-15)14-17-8-3-2-7-16(17)9-5-13-19/h2-3,7-8,15,19H,4,6,10-14H2,1H3. The highest BCUT2D eigenvalue weighted by molar-refractivity contribution is 5.41. The van der Waals surface area contributed by atoms with Crippen molar-refractivity contribution in [3.05, 3.63) is 35.4 Å². The molecule has 1 saturated heterocycles. The topological polar surface area (TPSA) is 23.5 Å². The van der Waals surface area contributed by atoms with Gasteiger partial charge < -0.3 is 5.11 Å². The van der Waals surface area contributed by atoms with E-state index in [9.17, 15) is 0 Å². The van der Waals surface area contributed by atoms with Gasteiger partial charge in [0.05, 0.1) is 0 Å². The van der Waals surface area contributed by atoms with Crippen molar-refractivity contribution in [2.75, 3.05) is 19.7 Å². The van der Waals surface area contributed by atoms with Gasteiger partial charge in [-0.3, -0.25) is 4.90 Å². The maximum atomic E-state index is 8.82. The molecule has 0 amide bonds. The van der Waals surface area contributed by atoms with E-state index in [-0.39, 0.29) is 6.61 Å². The number of nitrogens with zero attached hydrogens (tertiary/aromatic N) is 1. The zero-order chi connectivity index (χ0) is 13.5. The quantitative estimate of drug-likeness (QED) is 0.823. The molecule has 0 saturated carbocycles. The molecule has 0 bridgehead atoms. The lowest BCUT2D eigenvalue weighted by Crippen LogP contribution is -2.24. The van der Waals surface area contributed by atoms with E-state index in [0.717, 1.165) is 18.0 Å². The average Bonchev–Trinajstić information content (AvgIpc) is 2.63. The summed E-state index contributed by atoms with van der Waals surface area (Å²) in [6, 6.07) is 8.27. The number of hydrogen-bond donors (Lipinski definition) is 1. The van der Waals surface area contributed by atoms with Gasteiger partial charge in [0, 0.05) is 12.1 Å². The summed E-state index contributed by atoms with van der Waals surface area (Å²) in [5.41, 5.74) is 2.33. The Morgan fingerprint density at radius 3 is 2.95 bits per heavy atom. The molecule has 1 heterocycles. The highest BCUT2D eigenvalue weighted by atomic mass is 16.2. The third kappa shape index (κ3) is 4.38. The lowest BCUT2D eigenvalue weighted by molar-refractivity contribution is 0.273. The molecule has 1 unspecified atom stereocenters. The lowest BCUT2D eigenvalue weighted by Gasteiger charge is -2.20. The monoisotopic (exact) mass is 257 g/mol. The minimum atomic E-state index is -0.0738. The van der Waals surface area contributed by atoms with Gasteiger partial charge in [-0.05, 0) is 49.9 Å². The predicted molar refractivity (Wildman–Crippen MR) is 78.7 cm³/mol. The van der Waals surface area contributed by atoms with E-state index in [0.29, 0.717) is 0 Å². The van der Waals surface area contributed by atoms with Crippen LogP contribution in [-0.4, -0.2) is 29.7 Å². The Labute approximate surface area is 116 Å². The maximum absolute atomic E-state index is 8.82. The second-order valence-corrected chi connectivity index (χ2v) is 5.43. The highest BCUT2D eigenvalue weighted by Gasteiger charge is 2.14. The Balaban J connectivity index is 2.05. The van der Waals surface area contributed by atoms with Gasteiger partial charge in [0.15, 0.2) is 0 Å². The summed E-state index contributed by atoms with van der Waals surface area (Å²) in [5.74, 6) is 6.65. The van der Waals surface area contributed by atoms with Crippen molar-refractivity contribution < 1.29 is 5.11 Å². The number of likely N-dealkylation sites (tertiary alicyclic amines) is 1. The van der Waals surface area contributed by atoms with E-state index in [4.69, 9.17) is 5.11 Å². The summed E-state index contributed by atoms with van der Waals surface area (Å²) >= 11 is 0. The van der Waals surface area contributed by atoms with Gasteiger partial charge >= 0.3 is 0 Å². The fraction of sp³-hybridized carbons (Fsp3) is 0.529. The van der Waals surface area contributed by atoms with Gasteiger partial charge in [-0.15, -0.1) is 0 Å². The first kappa shape index (κ1) is 14.1. The fourth-order valence-corrected chi connectivity index (χ4v) is 2.64. The van der Waals surface area contributed by atoms with Crippen LogP contribution < -0.4 is 0 Å². The van der Waals surface area contributed by atoms with Gasteiger partial charge in [0.1, 0.15) is 6.61 Å². The van der Waals surface area contributed by atoms with Crippen molar-refractivity contribution >= 4 is 0 Å². The molecule has 1 fully saturated rings. The molecule has 0 aromatic heterocycles. The molecule has 1 aromatic rings. The Hall–Kier alpha value is -1.30. The second-order valence-electron chi connectivity index (χ2n) is 5.43. The fourth-order valence-electron chi connectivity index (χ4n) is 2.64. The van der Waals surface area contributed by atoms with Crippen LogP contribution in [0, 0.1) is 17.8 Å². The van der Waals surface area contributed by atoms with Gasteiger partial charge in [0.25, 0.3) is 0 Å². The SMILES string of the molecule is CC1CCCN(Cc2ccccc2C#CCO)CC1. The van der Waals surface area contributed by atoms with Crippen molar-refractivity contribution in [2.24, 2.45) is 5.92 Å². The molecule has 2 nitrogen and oxygen atoms in total. The summed E-state index contributed by atoms with van der Waals surface area (Å²) < 4.78 is 0. The molecule has 1 N–H and O–H groups in total. The number of benzene rings is 1. The molecule has 2 rings (SSSR count). The predicted octanol–water partition coefficient (Wildman–Crippen LogP) is 2.65. The van der Waals surface area contributed by atoms with E-state index in [1.807, 2.05) is 12.1 Å². The van der Waals surface area contributed by atoms with Crippen molar-refractivity contribution in [3.63, 3.8) is 0 Å². The molecule has 1 aliphatic heterocycles. The molecule has 2 heteroatoms. The molecular weight excluding hydrogens is 234 g/mol. The van der Waals surface area contributed by atoms with Crippen LogP contribution in [0.25, 0.3) is 0 Å². The van der Waals surface area contributed by atoms with Crippen LogP contribution in [0.5, 0.6) is 0 Å². The first-order valence-electron chi connectivity index (χ1n) is 7.19. The lowest BCUT2D eigenvalue weighted by atomic mass is 10.0. The summed E-state index contributed by atoms with van der Waals surface area (Å²) in [6.45, 7) is 5.62. The molecule has 0 spiro atoms. The van der Waals surface area contributed by atoms with Crippen LogP contribution >= 0.6 is 0 Å². The zero-order valence-corrected chi connectivity index (χ0v) is 11.7. The minimum absolute atomic E-state index is 0.0738. The van der Waals surface area contributed by atoms with Gasteiger partial charge in [0.2, 0.25) is 0 Å². The molecule has 19 heavy (non-hydrogen) atoms. The molecule has 1 aliphatic rings. The van der Waals surface area contributed by atoms with Crippen LogP contribution in [0.3, 0.4) is 0 Å². The number of aliphatic hydroxyl groups is 1. The molecule has 0 radical (unpaired) electrons. The molecule has 0 aliphatic carbocycles. The van der Waals surface area contributed by atoms with E-state index in [2.05, 4.69) is 35.8 Å². The van der Waals surface area contributed by atoms with Crippen LogP contribution in [0.1, 0.15) is 37.3 Å². The van der Waals surface area contributed by atoms with Crippen molar-refractivity contribution in [1.29, 1.82) is 0 Å². The van der Waals surface area contributed by atoms with E-state index in [1.165, 1.54) is 37.9 Å². The first-order valence-corrected chi connectivity index (χ1v) is 7.19. The summed E-state index contributed by atoms with van der Waals surface area (Å²) in [7, 11) is 0. The summed E-state index contributed by atoms with van der Waals surface area (Å²) in [6.07, 6.45) is 3.94.